The van der Waals surface area contributed by atoms with E-state index in [2.05, 4.69) is 0 Å². The maximum absolute atomic E-state index is 11.9. The van der Waals surface area contributed by atoms with Crippen LogP contribution in [0.2, 0.25) is 0 Å². The third kappa shape index (κ3) is 5.23. The van der Waals surface area contributed by atoms with Gasteiger partial charge in [-0.05, 0) is 38.1 Å². The quantitative estimate of drug-likeness (QED) is 0.604. The summed E-state index contributed by atoms with van der Waals surface area (Å²) >= 11 is 0. The molecule has 0 aliphatic carbocycles. The molecule has 0 aliphatic rings. The lowest BCUT2D eigenvalue weighted by Gasteiger charge is -2.19. The fourth-order valence-electron chi connectivity index (χ4n) is 1.91. The lowest BCUT2D eigenvalue weighted by Crippen LogP contribution is -2.26. The molecule has 120 valence electrons. The van der Waals surface area contributed by atoms with Gasteiger partial charge in [-0.15, -0.1) is 0 Å². The molecule has 2 aromatic carbocycles. The molecule has 2 atom stereocenters. The Hall–Kier alpha value is -2.66. The highest BCUT2D eigenvalue weighted by atomic mass is 16.8. The Bertz CT molecular complexity index is 581. The van der Waals surface area contributed by atoms with E-state index in [0.29, 0.717) is 11.1 Å². The van der Waals surface area contributed by atoms with Crippen LogP contribution in [-0.2, 0) is 14.2 Å². The van der Waals surface area contributed by atoms with Gasteiger partial charge in [-0.25, -0.2) is 9.59 Å². The molecule has 0 bridgehead atoms. The van der Waals surface area contributed by atoms with E-state index < -0.39 is 24.5 Å². The predicted octanol–water partition coefficient (Wildman–Crippen LogP) is 3.41. The van der Waals surface area contributed by atoms with Crippen LogP contribution in [0.3, 0.4) is 0 Å². The lowest BCUT2D eigenvalue weighted by molar-refractivity contribution is -0.192. The fourth-order valence-corrected chi connectivity index (χ4v) is 1.91. The molecule has 0 N–H and O–H groups in total. The summed E-state index contributed by atoms with van der Waals surface area (Å²) in [5.41, 5.74) is 0.855. The van der Waals surface area contributed by atoms with Crippen LogP contribution in [0.25, 0.3) is 0 Å². The third-order valence-corrected chi connectivity index (χ3v) is 2.95. The van der Waals surface area contributed by atoms with Crippen molar-refractivity contribution in [2.75, 3.05) is 0 Å². The monoisotopic (exact) mass is 314 g/mol. The predicted molar refractivity (Wildman–Crippen MR) is 83.7 cm³/mol. The van der Waals surface area contributed by atoms with Gasteiger partial charge in [0, 0.05) is 0 Å². The minimum atomic E-state index is -0.846. The van der Waals surface area contributed by atoms with Crippen molar-refractivity contribution in [1.82, 2.24) is 0 Å². The highest BCUT2D eigenvalue weighted by Crippen LogP contribution is 2.09. The molecule has 0 aromatic heterocycles. The standard InChI is InChI=1S/C18H18O5/c1-13(22-17(19)15-9-5-3-6-10-15)21-14(2)23-18(20)16-11-7-4-8-12-16/h3-14H,1-2H3. The van der Waals surface area contributed by atoms with Crippen molar-refractivity contribution >= 4 is 11.9 Å². The van der Waals surface area contributed by atoms with Crippen LogP contribution in [0.5, 0.6) is 0 Å². The third-order valence-electron chi connectivity index (χ3n) is 2.95. The first-order valence-corrected chi connectivity index (χ1v) is 7.24. The van der Waals surface area contributed by atoms with E-state index in [1.807, 2.05) is 12.1 Å². The van der Waals surface area contributed by atoms with Crippen LogP contribution >= 0.6 is 0 Å². The first-order valence-electron chi connectivity index (χ1n) is 7.24. The van der Waals surface area contributed by atoms with E-state index in [-0.39, 0.29) is 0 Å². The van der Waals surface area contributed by atoms with Gasteiger partial charge < -0.3 is 14.2 Å². The van der Waals surface area contributed by atoms with Crippen molar-refractivity contribution in [2.45, 2.75) is 26.4 Å². The Morgan fingerprint density at radius 3 is 1.39 bits per heavy atom. The van der Waals surface area contributed by atoms with Crippen molar-refractivity contribution in [3.05, 3.63) is 71.8 Å². The molecule has 2 unspecified atom stereocenters. The van der Waals surface area contributed by atoms with Crippen molar-refractivity contribution in [3.63, 3.8) is 0 Å². The van der Waals surface area contributed by atoms with Gasteiger partial charge in [0.15, 0.2) is 0 Å². The Labute approximate surface area is 134 Å². The lowest BCUT2D eigenvalue weighted by atomic mass is 10.2. The van der Waals surface area contributed by atoms with E-state index in [4.69, 9.17) is 14.2 Å². The number of carbonyl (C=O) groups is 2. The number of hydrogen-bond donors (Lipinski definition) is 0. The molecule has 0 spiro atoms. The molecular formula is C18H18O5. The second-order valence-electron chi connectivity index (χ2n) is 4.81. The molecule has 0 heterocycles. The van der Waals surface area contributed by atoms with Gasteiger partial charge in [-0.1, -0.05) is 36.4 Å². The highest BCUT2D eigenvalue weighted by Gasteiger charge is 2.18. The second-order valence-corrected chi connectivity index (χ2v) is 4.81. The number of rotatable bonds is 6. The Balaban J connectivity index is 1.82. The minimum Gasteiger partial charge on any atom is -0.432 e. The molecule has 0 saturated carbocycles. The molecule has 23 heavy (non-hydrogen) atoms. The van der Waals surface area contributed by atoms with Crippen LogP contribution in [0.1, 0.15) is 34.6 Å². The SMILES string of the molecule is CC(OC(=O)c1ccccc1)OC(C)OC(=O)c1ccccc1. The van der Waals surface area contributed by atoms with E-state index in [1.165, 1.54) is 0 Å². The first-order chi connectivity index (χ1) is 11.1. The summed E-state index contributed by atoms with van der Waals surface area (Å²) in [4.78, 5) is 23.7. The summed E-state index contributed by atoms with van der Waals surface area (Å²) in [5.74, 6) is -1.00. The number of hydrogen-bond acceptors (Lipinski definition) is 5. The van der Waals surface area contributed by atoms with Crippen LogP contribution in [0, 0.1) is 0 Å². The van der Waals surface area contributed by atoms with E-state index in [9.17, 15) is 9.59 Å². The molecule has 2 aromatic rings. The van der Waals surface area contributed by atoms with Crippen LogP contribution in [0.15, 0.2) is 60.7 Å². The van der Waals surface area contributed by atoms with Crippen molar-refractivity contribution in [1.29, 1.82) is 0 Å². The zero-order valence-corrected chi connectivity index (χ0v) is 13.0. The van der Waals surface area contributed by atoms with Gasteiger partial charge in [0.1, 0.15) is 0 Å². The fraction of sp³-hybridized carbons (Fsp3) is 0.222. The summed E-state index contributed by atoms with van der Waals surface area (Å²) in [6.45, 7) is 3.13. The van der Waals surface area contributed by atoms with Crippen LogP contribution in [-0.4, -0.2) is 24.5 Å². The zero-order valence-electron chi connectivity index (χ0n) is 13.0. The number of esters is 2. The first kappa shape index (κ1) is 16.7. The van der Waals surface area contributed by atoms with Gasteiger partial charge in [-0.2, -0.15) is 0 Å². The van der Waals surface area contributed by atoms with Gasteiger partial charge in [-0.3, -0.25) is 0 Å². The van der Waals surface area contributed by atoms with Gasteiger partial charge in [0.25, 0.3) is 0 Å². The summed E-state index contributed by atoms with van der Waals surface area (Å²) < 4.78 is 15.6. The summed E-state index contributed by atoms with van der Waals surface area (Å²) in [6, 6.07) is 17.2. The summed E-state index contributed by atoms with van der Waals surface area (Å²) in [5, 5.41) is 0. The molecule has 0 saturated heterocycles. The van der Waals surface area contributed by atoms with E-state index >= 15 is 0 Å². The van der Waals surface area contributed by atoms with Crippen LogP contribution < -0.4 is 0 Å². The number of ether oxygens (including phenoxy) is 3. The molecular weight excluding hydrogens is 296 g/mol. The maximum atomic E-state index is 11.9. The topological polar surface area (TPSA) is 61.8 Å². The second kappa shape index (κ2) is 8.10. The zero-order chi connectivity index (χ0) is 16.7. The van der Waals surface area contributed by atoms with Gasteiger partial charge >= 0.3 is 11.9 Å². The van der Waals surface area contributed by atoms with Gasteiger partial charge in [0.2, 0.25) is 12.6 Å². The van der Waals surface area contributed by atoms with Crippen molar-refractivity contribution in [3.8, 4) is 0 Å². The summed E-state index contributed by atoms with van der Waals surface area (Å²) in [6.07, 6.45) is -1.69. The molecule has 2 rings (SSSR count). The van der Waals surface area contributed by atoms with Crippen molar-refractivity contribution < 1.29 is 23.8 Å². The maximum Gasteiger partial charge on any atom is 0.340 e. The average Bonchev–Trinajstić information content (AvgIpc) is 2.56. The molecule has 0 aliphatic heterocycles. The van der Waals surface area contributed by atoms with E-state index in [1.54, 1.807) is 62.4 Å². The molecule has 5 nitrogen and oxygen atoms in total. The van der Waals surface area contributed by atoms with Crippen molar-refractivity contribution in [2.24, 2.45) is 0 Å². The Kier molecular flexibility index (Phi) is 5.88. The Morgan fingerprint density at radius 1 is 0.696 bits per heavy atom. The molecule has 5 heteroatoms. The normalized spacial score (nSPS) is 13.0. The minimum absolute atomic E-state index is 0.428. The molecule has 0 amide bonds. The largest absolute Gasteiger partial charge is 0.432 e. The highest BCUT2D eigenvalue weighted by molar-refractivity contribution is 5.89. The van der Waals surface area contributed by atoms with Gasteiger partial charge in [0.05, 0.1) is 11.1 Å². The Morgan fingerprint density at radius 2 is 1.04 bits per heavy atom. The molecule has 0 radical (unpaired) electrons. The molecule has 0 fully saturated rings. The smallest absolute Gasteiger partial charge is 0.340 e. The van der Waals surface area contributed by atoms with Crippen LogP contribution in [0.4, 0.5) is 0 Å². The van der Waals surface area contributed by atoms with E-state index in [0.717, 1.165) is 0 Å². The number of benzene rings is 2. The summed E-state index contributed by atoms with van der Waals surface area (Å²) in [7, 11) is 0. The number of carbonyl (C=O) groups excluding carboxylic acids is 2. The average molecular weight is 314 g/mol.